The van der Waals surface area contributed by atoms with Crippen molar-refractivity contribution in [1.29, 1.82) is 0 Å². The lowest BCUT2D eigenvalue weighted by atomic mass is 9.71. The number of carboxylic acid groups (broad SMARTS) is 1. The number of hydrogen-bond donors (Lipinski definition) is 1. The summed E-state index contributed by atoms with van der Waals surface area (Å²) in [6, 6.07) is 14.4. The van der Waals surface area contributed by atoms with Crippen molar-refractivity contribution in [2.45, 2.75) is 96.9 Å². The zero-order chi connectivity index (χ0) is 26.5. The number of carboxylic acids is 1. The SMILES string of the molecule is CCC(C)(C)c1ccc2c(c1)[C@H]1O[C@@H](COc3ccc(C(C)(C)C)cc3)[C@H](C(=O)O)C[C@@H]1C(C)(C)O2. The third-order valence-corrected chi connectivity index (χ3v) is 8.34. The molecule has 0 spiro atoms. The molecule has 1 saturated heterocycles. The molecule has 4 atom stereocenters. The van der Waals surface area contributed by atoms with Crippen molar-refractivity contribution in [3.8, 4) is 11.5 Å². The largest absolute Gasteiger partial charge is 0.491 e. The van der Waals surface area contributed by atoms with E-state index >= 15 is 0 Å². The summed E-state index contributed by atoms with van der Waals surface area (Å²) in [6.45, 7) is 17.4. The van der Waals surface area contributed by atoms with Crippen LogP contribution < -0.4 is 9.47 Å². The average Bonchev–Trinajstić information content (AvgIpc) is 2.81. The van der Waals surface area contributed by atoms with Gasteiger partial charge in [-0.05, 0) is 72.9 Å². The van der Waals surface area contributed by atoms with Crippen LogP contribution in [0.1, 0.15) is 91.0 Å². The molecule has 5 nitrogen and oxygen atoms in total. The predicted molar refractivity (Wildman–Crippen MR) is 142 cm³/mol. The van der Waals surface area contributed by atoms with Gasteiger partial charge in [0, 0.05) is 11.5 Å². The van der Waals surface area contributed by atoms with Crippen LogP contribution in [0.4, 0.5) is 0 Å². The van der Waals surface area contributed by atoms with Crippen LogP contribution in [0.15, 0.2) is 42.5 Å². The van der Waals surface area contributed by atoms with E-state index in [1.165, 1.54) is 11.1 Å². The summed E-state index contributed by atoms with van der Waals surface area (Å²) in [7, 11) is 0. The third kappa shape index (κ3) is 5.13. The monoisotopic (exact) mass is 494 g/mol. The Hall–Kier alpha value is -2.53. The maximum atomic E-state index is 12.3. The normalized spacial score (nSPS) is 25.3. The molecular weight excluding hydrogens is 452 g/mol. The van der Waals surface area contributed by atoms with Crippen LogP contribution in [-0.2, 0) is 20.4 Å². The summed E-state index contributed by atoms with van der Waals surface area (Å²) in [5, 5.41) is 10.1. The third-order valence-electron chi connectivity index (χ3n) is 8.34. The molecule has 0 aromatic heterocycles. The first-order valence-electron chi connectivity index (χ1n) is 13.2. The smallest absolute Gasteiger partial charge is 0.309 e. The highest BCUT2D eigenvalue weighted by atomic mass is 16.6. The summed E-state index contributed by atoms with van der Waals surface area (Å²) < 4.78 is 19.1. The molecule has 1 fully saturated rings. The minimum atomic E-state index is -0.854. The van der Waals surface area contributed by atoms with Crippen LogP contribution in [-0.4, -0.2) is 29.4 Å². The number of ether oxygens (including phenoxy) is 3. The molecule has 1 N–H and O–H groups in total. The summed E-state index contributed by atoms with van der Waals surface area (Å²) in [5.41, 5.74) is 3.02. The van der Waals surface area contributed by atoms with Crippen molar-refractivity contribution in [2.75, 3.05) is 6.61 Å². The minimum Gasteiger partial charge on any atom is -0.491 e. The van der Waals surface area contributed by atoms with Crippen LogP contribution in [0, 0.1) is 11.8 Å². The van der Waals surface area contributed by atoms with Crippen LogP contribution in [0.5, 0.6) is 11.5 Å². The summed E-state index contributed by atoms with van der Waals surface area (Å²) in [5.74, 6) is -0.0542. The van der Waals surface area contributed by atoms with Crippen molar-refractivity contribution < 1.29 is 24.1 Å². The van der Waals surface area contributed by atoms with Crippen molar-refractivity contribution in [3.05, 3.63) is 59.2 Å². The van der Waals surface area contributed by atoms with Crippen molar-refractivity contribution in [1.82, 2.24) is 0 Å². The first-order valence-corrected chi connectivity index (χ1v) is 13.2. The molecule has 0 unspecified atom stereocenters. The Bertz CT molecular complexity index is 1090. The standard InChI is InChI=1S/C31H42O5/c1-9-30(5,6)20-12-15-25-22(16-20)27-24(31(7,8)36-25)17-23(28(32)33)26(35-27)18-34-21-13-10-19(11-14-21)29(2,3)4/h10-16,23-24,26-27H,9,17-18H2,1-8H3,(H,32,33)/t23-,24+,26+,27-/m1/s1. The summed E-state index contributed by atoms with van der Waals surface area (Å²) in [6.07, 6.45) is 0.683. The molecule has 0 bridgehead atoms. The quantitative estimate of drug-likeness (QED) is 0.465. The second-order valence-corrected chi connectivity index (χ2v) is 12.7. The highest BCUT2D eigenvalue weighted by Gasteiger charge is 2.52. The molecule has 2 aromatic rings. The Balaban J connectivity index is 1.62. The first kappa shape index (κ1) is 26.5. The fraction of sp³-hybridized carbons (Fsp3) is 0.581. The molecule has 0 aliphatic carbocycles. The van der Waals surface area contributed by atoms with Gasteiger partial charge in [0.15, 0.2) is 0 Å². The predicted octanol–water partition coefficient (Wildman–Crippen LogP) is 7.07. The van der Waals surface area contributed by atoms with Gasteiger partial charge in [0.05, 0.1) is 12.0 Å². The second kappa shape index (κ2) is 9.41. The zero-order valence-corrected chi connectivity index (χ0v) is 23.1. The summed E-state index contributed by atoms with van der Waals surface area (Å²) >= 11 is 0. The van der Waals surface area contributed by atoms with Gasteiger partial charge in [-0.25, -0.2) is 0 Å². The number of rotatable bonds is 6. The van der Waals surface area contributed by atoms with E-state index in [0.717, 1.165) is 23.5 Å². The maximum Gasteiger partial charge on any atom is 0.309 e. The average molecular weight is 495 g/mol. The van der Waals surface area contributed by atoms with Crippen molar-refractivity contribution in [3.63, 3.8) is 0 Å². The molecule has 2 aliphatic rings. The number of carbonyl (C=O) groups is 1. The lowest BCUT2D eigenvalue weighted by Gasteiger charge is -2.50. The highest BCUT2D eigenvalue weighted by Crippen LogP contribution is 2.52. The Labute approximate surface area is 216 Å². The maximum absolute atomic E-state index is 12.3. The van der Waals surface area contributed by atoms with Crippen LogP contribution in [0.2, 0.25) is 0 Å². The van der Waals surface area contributed by atoms with E-state index in [0.29, 0.717) is 6.42 Å². The molecule has 196 valence electrons. The zero-order valence-electron chi connectivity index (χ0n) is 23.1. The molecule has 36 heavy (non-hydrogen) atoms. The van der Waals surface area contributed by atoms with Crippen molar-refractivity contribution >= 4 is 5.97 Å². The number of hydrogen-bond acceptors (Lipinski definition) is 4. The van der Waals surface area contributed by atoms with Gasteiger partial charge in [0.25, 0.3) is 0 Å². The number of aliphatic carboxylic acids is 1. The fourth-order valence-electron chi connectivity index (χ4n) is 5.36. The topological polar surface area (TPSA) is 65.0 Å². The molecule has 0 saturated carbocycles. The van der Waals surface area contributed by atoms with Gasteiger partial charge in [0.2, 0.25) is 0 Å². The molecule has 2 heterocycles. The van der Waals surface area contributed by atoms with Gasteiger partial charge < -0.3 is 19.3 Å². The Morgan fingerprint density at radius 1 is 1.06 bits per heavy atom. The second-order valence-electron chi connectivity index (χ2n) is 12.7. The molecule has 5 heteroatoms. The van der Waals surface area contributed by atoms with Gasteiger partial charge in [-0.2, -0.15) is 0 Å². The van der Waals surface area contributed by atoms with E-state index in [-0.39, 0.29) is 29.5 Å². The van der Waals surface area contributed by atoms with E-state index in [1.54, 1.807) is 0 Å². The molecule has 0 radical (unpaired) electrons. The van der Waals surface area contributed by atoms with E-state index in [2.05, 4.69) is 71.9 Å². The highest BCUT2D eigenvalue weighted by molar-refractivity contribution is 5.71. The van der Waals surface area contributed by atoms with Gasteiger partial charge in [-0.1, -0.05) is 59.7 Å². The van der Waals surface area contributed by atoms with Gasteiger partial charge in [-0.15, -0.1) is 0 Å². The van der Waals surface area contributed by atoms with Gasteiger partial charge >= 0.3 is 5.97 Å². The molecular formula is C31H42O5. The van der Waals surface area contributed by atoms with Crippen molar-refractivity contribution in [2.24, 2.45) is 11.8 Å². The van der Waals surface area contributed by atoms with Gasteiger partial charge in [-0.3, -0.25) is 4.79 Å². The lowest BCUT2D eigenvalue weighted by molar-refractivity contribution is -0.192. The lowest BCUT2D eigenvalue weighted by Crippen LogP contribution is -2.53. The van der Waals surface area contributed by atoms with E-state index in [4.69, 9.17) is 14.2 Å². The van der Waals surface area contributed by atoms with E-state index in [1.807, 2.05) is 26.0 Å². The fourth-order valence-corrected chi connectivity index (χ4v) is 5.36. The van der Waals surface area contributed by atoms with Crippen LogP contribution >= 0.6 is 0 Å². The number of fused-ring (bicyclic) bond motifs is 3. The van der Waals surface area contributed by atoms with Crippen LogP contribution in [0.25, 0.3) is 0 Å². The first-order chi connectivity index (χ1) is 16.7. The van der Waals surface area contributed by atoms with E-state index in [9.17, 15) is 9.90 Å². The summed E-state index contributed by atoms with van der Waals surface area (Å²) in [4.78, 5) is 12.3. The molecule has 0 amide bonds. The minimum absolute atomic E-state index is 0.0253. The Morgan fingerprint density at radius 2 is 1.69 bits per heavy atom. The molecule has 4 rings (SSSR count). The van der Waals surface area contributed by atoms with Crippen LogP contribution in [0.3, 0.4) is 0 Å². The van der Waals surface area contributed by atoms with E-state index < -0.39 is 23.6 Å². The number of benzene rings is 2. The van der Waals surface area contributed by atoms with Gasteiger partial charge in [0.1, 0.15) is 29.8 Å². The molecule has 2 aliphatic heterocycles. The Morgan fingerprint density at radius 3 is 2.28 bits per heavy atom. The molecule has 2 aromatic carbocycles. The Kier molecular flexibility index (Phi) is 6.93.